The number of benzene rings is 2. The number of unbranched alkanes of at least 4 members (excludes halogenated alkanes) is 1. The Morgan fingerprint density at radius 2 is 2.06 bits per heavy atom. The van der Waals surface area contributed by atoms with Crippen LogP contribution in [0.3, 0.4) is 0 Å². The molecule has 0 atom stereocenters. The molecule has 4 rings (SSSR count). The SMILES string of the molecule is CCCCn1cc(COc2cc3ncnc(Nc4ccc(F)c(Cl)c4)c3cc2NC(=O)CC)nn1. The molecule has 35 heavy (non-hydrogen) atoms. The maximum Gasteiger partial charge on any atom is 0.224 e. The molecule has 0 unspecified atom stereocenters. The maximum atomic E-state index is 13.5. The van der Waals surface area contributed by atoms with Crippen molar-refractivity contribution in [2.24, 2.45) is 0 Å². The normalized spacial score (nSPS) is 11.0. The molecule has 0 fully saturated rings. The number of ether oxygens (including phenoxy) is 1. The minimum Gasteiger partial charge on any atom is -0.485 e. The monoisotopic (exact) mass is 497 g/mol. The first-order valence-electron chi connectivity index (χ1n) is 11.3. The van der Waals surface area contributed by atoms with Crippen molar-refractivity contribution in [1.29, 1.82) is 0 Å². The highest BCUT2D eigenvalue weighted by atomic mass is 35.5. The van der Waals surface area contributed by atoms with Gasteiger partial charge in [0.05, 0.1) is 22.4 Å². The standard InChI is InChI=1S/C24H25ClFN7O2/c1-3-5-8-33-12-16(31-32-33)13-35-22-11-20-17(10-21(22)30-23(34)4-2)24(28-14-27-20)29-15-6-7-19(26)18(25)9-15/h6-7,9-12,14H,3-5,8,13H2,1-2H3,(H,30,34)(H,27,28,29). The number of halogens is 2. The minimum absolute atomic E-state index is 0.00780. The Morgan fingerprint density at radius 3 is 2.83 bits per heavy atom. The summed E-state index contributed by atoms with van der Waals surface area (Å²) in [6, 6.07) is 7.76. The Labute approximate surface area is 206 Å². The van der Waals surface area contributed by atoms with E-state index in [-0.39, 0.29) is 17.5 Å². The molecule has 11 heteroatoms. The van der Waals surface area contributed by atoms with Crippen molar-refractivity contribution in [3.63, 3.8) is 0 Å². The average Bonchev–Trinajstić information content (AvgIpc) is 3.31. The number of hydrogen-bond donors (Lipinski definition) is 2. The van der Waals surface area contributed by atoms with Crippen molar-refractivity contribution < 1.29 is 13.9 Å². The number of carbonyl (C=O) groups excluding carboxylic acids is 1. The van der Waals surface area contributed by atoms with Crippen molar-refractivity contribution in [2.75, 3.05) is 10.6 Å². The highest BCUT2D eigenvalue weighted by Gasteiger charge is 2.14. The molecule has 0 saturated heterocycles. The van der Waals surface area contributed by atoms with Gasteiger partial charge in [0.15, 0.2) is 0 Å². The van der Waals surface area contributed by atoms with Crippen LogP contribution in [-0.2, 0) is 17.9 Å². The predicted molar refractivity (Wildman–Crippen MR) is 132 cm³/mol. The fourth-order valence-corrected chi connectivity index (χ4v) is 3.52. The zero-order valence-electron chi connectivity index (χ0n) is 19.4. The second-order valence-corrected chi connectivity index (χ2v) is 8.27. The van der Waals surface area contributed by atoms with Crippen LogP contribution in [0.25, 0.3) is 10.9 Å². The second-order valence-electron chi connectivity index (χ2n) is 7.86. The van der Waals surface area contributed by atoms with Gasteiger partial charge in [-0.2, -0.15) is 0 Å². The Morgan fingerprint density at radius 1 is 1.20 bits per heavy atom. The van der Waals surface area contributed by atoms with Crippen molar-refractivity contribution in [3.05, 3.63) is 59.4 Å². The summed E-state index contributed by atoms with van der Waals surface area (Å²) in [7, 11) is 0. The number of fused-ring (bicyclic) bond motifs is 1. The van der Waals surface area contributed by atoms with E-state index in [0.717, 1.165) is 19.4 Å². The molecular weight excluding hydrogens is 473 g/mol. The lowest BCUT2D eigenvalue weighted by Crippen LogP contribution is -2.11. The molecule has 0 saturated carbocycles. The fraction of sp³-hybridized carbons (Fsp3) is 0.292. The molecule has 0 aliphatic heterocycles. The summed E-state index contributed by atoms with van der Waals surface area (Å²) in [5.74, 6) is 0.227. The molecule has 2 N–H and O–H groups in total. The van der Waals surface area contributed by atoms with Gasteiger partial charge < -0.3 is 15.4 Å². The molecule has 0 radical (unpaired) electrons. The van der Waals surface area contributed by atoms with Gasteiger partial charge in [-0.25, -0.2) is 14.4 Å². The Balaban J connectivity index is 1.63. The van der Waals surface area contributed by atoms with Crippen LogP contribution in [0.15, 0.2) is 42.9 Å². The summed E-state index contributed by atoms with van der Waals surface area (Å²) in [5.41, 5.74) is 2.29. The lowest BCUT2D eigenvalue weighted by molar-refractivity contribution is -0.115. The lowest BCUT2D eigenvalue weighted by Gasteiger charge is -2.15. The van der Waals surface area contributed by atoms with Gasteiger partial charge in [0.1, 0.15) is 36.0 Å². The fourth-order valence-electron chi connectivity index (χ4n) is 3.34. The number of amides is 1. The molecule has 0 aliphatic carbocycles. The first-order valence-corrected chi connectivity index (χ1v) is 11.7. The molecule has 0 aliphatic rings. The molecule has 2 aromatic heterocycles. The zero-order valence-corrected chi connectivity index (χ0v) is 20.1. The van der Waals surface area contributed by atoms with Gasteiger partial charge in [0.2, 0.25) is 5.91 Å². The highest BCUT2D eigenvalue weighted by Crippen LogP contribution is 2.34. The van der Waals surface area contributed by atoms with Crippen LogP contribution >= 0.6 is 11.6 Å². The number of nitrogens with one attached hydrogen (secondary N) is 2. The number of aryl methyl sites for hydroxylation is 1. The molecule has 1 amide bonds. The Hall–Kier alpha value is -3.79. The molecule has 9 nitrogen and oxygen atoms in total. The van der Waals surface area contributed by atoms with Gasteiger partial charge in [-0.1, -0.05) is 37.1 Å². The largest absolute Gasteiger partial charge is 0.485 e. The molecule has 0 spiro atoms. The minimum atomic E-state index is -0.512. The van der Waals surface area contributed by atoms with E-state index < -0.39 is 5.82 Å². The van der Waals surface area contributed by atoms with Crippen LogP contribution in [0.4, 0.5) is 21.6 Å². The van der Waals surface area contributed by atoms with E-state index in [0.29, 0.717) is 46.0 Å². The number of carbonyl (C=O) groups is 1. The Kier molecular flexibility index (Phi) is 7.71. The molecule has 4 aromatic rings. The molecule has 2 aromatic carbocycles. The zero-order chi connectivity index (χ0) is 24.8. The van der Waals surface area contributed by atoms with Gasteiger partial charge in [-0.3, -0.25) is 9.48 Å². The van der Waals surface area contributed by atoms with Gasteiger partial charge in [0, 0.05) is 30.1 Å². The van der Waals surface area contributed by atoms with Crippen LogP contribution in [0.5, 0.6) is 5.75 Å². The average molecular weight is 498 g/mol. The first-order chi connectivity index (χ1) is 17.0. The number of anilines is 3. The third-order valence-electron chi connectivity index (χ3n) is 5.22. The number of aromatic nitrogens is 5. The molecular formula is C24H25ClFN7O2. The number of rotatable bonds is 10. The second kappa shape index (κ2) is 11.1. The van der Waals surface area contributed by atoms with E-state index >= 15 is 0 Å². The van der Waals surface area contributed by atoms with Crippen molar-refractivity contribution >= 4 is 45.6 Å². The van der Waals surface area contributed by atoms with Crippen molar-refractivity contribution in [2.45, 2.75) is 46.3 Å². The van der Waals surface area contributed by atoms with E-state index in [4.69, 9.17) is 16.3 Å². The maximum absolute atomic E-state index is 13.5. The summed E-state index contributed by atoms with van der Waals surface area (Å²) in [5, 5.41) is 14.9. The predicted octanol–water partition coefficient (Wildman–Crippen LogP) is 5.49. The lowest BCUT2D eigenvalue weighted by atomic mass is 10.1. The van der Waals surface area contributed by atoms with Crippen LogP contribution in [0.1, 0.15) is 38.8 Å². The van der Waals surface area contributed by atoms with Crippen LogP contribution in [0, 0.1) is 5.82 Å². The summed E-state index contributed by atoms with van der Waals surface area (Å²) >= 11 is 5.91. The van der Waals surface area contributed by atoms with E-state index in [1.54, 1.807) is 29.8 Å². The van der Waals surface area contributed by atoms with Crippen LogP contribution in [-0.4, -0.2) is 30.9 Å². The van der Waals surface area contributed by atoms with Crippen molar-refractivity contribution in [3.8, 4) is 5.75 Å². The van der Waals surface area contributed by atoms with Gasteiger partial charge in [-0.05, 0) is 30.7 Å². The van der Waals surface area contributed by atoms with Gasteiger partial charge >= 0.3 is 0 Å². The number of hydrogen-bond acceptors (Lipinski definition) is 7. The summed E-state index contributed by atoms with van der Waals surface area (Å²) in [6.45, 7) is 4.85. The summed E-state index contributed by atoms with van der Waals surface area (Å²) in [4.78, 5) is 20.9. The molecule has 2 heterocycles. The first kappa shape index (κ1) is 24.3. The summed E-state index contributed by atoms with van der Waals surface area (Å²) in [6.07, 6.45) is 5.63. The third kappa shape index (κ3) is 6.02. The summed E-state index contributed by atoms with van der Waals surface area (Å²) < 4.78 is 21.3. The van der Waals surface area contributed by atoms with E-state index in [1.165, 1.54) is 18.5 Å². The van der Waals surface area contributed by atoms with E-state index in [2.05, 4.69) is 37.8 Å². The van der Waals surface area contributed by atoms with Crippen LogP contribution < -0.4 is 15.4 Å². The number of nitrogens with zero attached hydrogens (tertiary/aromatic N) is 5. The van der Waals surface area contributed by atoms with E-state index in [1.807, 2.05) is 6.20 Å². The van der Waals surface area contributed by atoms with E-state index in [9.17, 15) is 9.18 Å². The highest BCUT2D eigenvalue weighted by molar-refractivity contribution is 6.31. The molecule has 0 bridgehead atoms. The van der Waals surface area contributed by atoms with Crippen LogP contribution in [0.2, 0.25) is 5.02 Å². The smallest absolute Gasteiger partial charge is 0.224 e. The Bertz CT molecular complexity index is 1340. The van der Waals surface area contributed by atoms with Gasteiger partial charge in [-0.15, -0.1) is 5.10 Å². The van der Waals surface area contributed by atoms with Gasteiger partial charge in [0.25, 0.3) is 0 Å². The quantitative estimate of drug-likeness (QED) is 0.298. The molecule has 182 valence electrons. The topological polar surface area (TPSA) is 107 Å². The van der Waals surface area contributed by atoms with Crippen molar-refractivity contribution in [1.82, 2.24) is 25.0 Å². The third-order valence-corrected chi connectivity index (χ3v) is 5.51.